The summed E-state index contributed by atoms with van der Waals surface area (Å²) in [4.78, 5) is 13.9. The maximum atomic E-state index is 10.6. The van der Waals surface area contributed by atoms with E-state index >= 15 is 0 Å². The quantitative estimate of drug-likeness (QED) is 0.628. The molecule has 1 aliphatic heterocycles. The highest BCUT2D eigenvalue weighted by atomic mass is 16.2. The van der Waals surface area contributed by atoms with E-state index in [0.717, 1.165) is 0 Å². The van der Waals surface area contributed by atoms with Gasteiger partial charge in [-0.05, 0) is 0 Å². The van der Waals surface area contributed by atoms with Gasteiger partial charge < -0.3 is 10.6 Å². The summed E-state index contributed by atoms with van der Waals surface area (Å²) in [7, 11) is 0. The first-order chi connectivity index (χ1) is 5.74. The van der Waals surface area contributed by atoms with Gasteiger partial charge >= 0.3 is 6.03 Å². The number of amides is 2. The summed E-state index contributed by atoms with van der Waals surface area (Å²) in [5.41, 5.74) is 5.03. The Bertz CT molecular complexity index is 242. The van der Waals surface area contributed by atoms with Crippen LogP contribution in [0.3, 0.4) is 0 Å². The van der Waals surface area contributed by atoms with Crippen LogP contribution in [0, 0.1) is 11.3 Å². The van der Waals surface area contributed by atoms with Gasteiger partial charge in [-0.2, -0.15) is 5.26 Å². The fourth-order valence-electron chi connectivity index (χ4n) is 0.947. The minimum atomic E-state index is -0.467. The molecule has 0 aromatic carbocycles. The van der Waals surface area contributed by atoms with E-state index in [0.29, 0.717) is 19.6 Å². The lowest BCUT2D eigenvalue weighted by Gasteiger charge is -2.16. The monoisotopic (exact) mass is 166 g/mol. The first-order valence-corrected chi connectivity index (χ1v) is 3.59. The number of urea groups is 1. The molecule has 0 atom stereocenters. The van der Waals surface area contributed by atoms with Crippen molar-refractivity contribution in [3.8, 4) is 6.07 Å². The molecule has 1 heterocycles. The zero-order valence-electron chi connectivity index (χ0n) is 6.60. The Morgan fingerprint density at radius 1 is 1.67 bits per heavy atom. The number of rotatable bonds is 2. The number of nitriles is 1. The average Bonchev–Trinajstić information content (AvgIpc) is 2.48. The standard InChI is InChI=1S/C7H10N4O/c8-2-1-3-10-4-5-11(6-10)7(9)12/h4-5H,1,3,6H2,(H2,9,12). The number of nitrogens with zero attached hydrogens (tertiary/aromatic N) is 3. The SMILES string of the molecule is N#CCCN1C=CN(C(N)=O)C1. The van der Waals surface area contributed by atoms with Crippen LogP contribution in [0.5, 0.6) is 0 Å². The van der Waals surface area contributed by atoms with Crippen molar-refractivity contribution in [1.82, 2.24) is 9.80 Å². The van der Waals surface area contributed by atoms with Gasteiger partial charge in [0.25, 0.3) is 0 Å². The Morgan fingerprint density at radius 2 is 2.42 bits per heavy atom. The Kier molecular flexibility index (Phi) is 2.53. The molecule has 5 nitrogen and oxygen atoms in total. The molecule has 0 saturated carbocycles. The summed E-state index contributed by atoms with van der Waals surface area (Å²) in [6.45, 7) is 1.09. The number of hydrogen-bond donors (Lipinski definition) is 1. The third kappa shape index (κ3) is 1.89. The third-order valence-electron chi connectivity index (χ3n) is 1.59. The van der Waals surface area contributed by atoms with E-state index < -0.39 is 6.03 Å². The summed E-state index contributed by atoms with van der Waals surface area (Å²) >= 11 is 0. The maximum absolute atomic E-state index is 10.6. The Balaban J connectivity index is 2.33. The minimum absolute atomic E-state index is 0.455. The summed E-state index contributed by atoms with van der Waals surface area (Å²) in [6, 6.07) is 1.56. The molecule has 0 aromatic heterocycles. The lowest BCUT2D eigenvalue weighted by molar-refractivity contribution is 0.212. The van der Waals surface area contributed by atoms with Crippen molar-refractivity contribution in [1.29, 1.82) is 5.26 Å². The van der Waals surface area contributed by atoms with E-state index in [2.05, 4.69) is 0 Å². The van der Waals surface area contributed by atoms with Crippen molar-refractivity contribution in [2.75, 3.05) is 13.2 Å². The second-order valence-electron chi connectivity index (χ2n) is 2.47. The van der Waals surface area contributed by atoms with Crippen LogP contribution in [-0.4, -0.2) is 29.0 Å². The van der Waals surface area contributed by atoms with Gasteiger partial charge in [-0.25, -0.2) is 4.79 Å². The Labute approximate surface area is 70.6 Å². The normalized spacial score (nSPS) is 14.9. The Morgan fingerprint density at radius 3 is 2.92 bits per heavy atom. The summed E-state index contributed by atoms with van der Waals surface area (Å²) in [6.07, 6.45) is 3.82. The highest BCUT2D eigenvalue weighted by molar-refractivity contribution is 5.73. The molecule has 2 amide bonds. The van der Waals surface area contributed by atoms with E-state index in [1.807, 2.05) is 11.0 Å². The molecule has 0 saturated heterocycles. The fraction of sp³-hybridized carbons (Fsp3) is 0.429. The number of carbonyl (C=O) groups is 1. The van der Waals surface area contributed by atoms with E-state index in [-0.39, 0.29) is 0 Å². The van der Waals surface area contributed by atoms with Crippen LogP contribution in [0.25, 0.3) is 0 Å². The number of carbonyl (C=O) groups excluding carboxylic acids is 1. The second-order valence-corrected chi connectivity index (χ2v) is 2.47. The predicted octanol–water partition coefficient (Wildman–Crippen LogP) is 0.0251. The molecule has 0 spiro atoms. The van der Waals surface area contributed by atoms with Crippen LogP contribution in [0.15, 0.2) is 12.4 Å². The molecule has 0 radical (unpaired) electrons. The van der Waals surface area contributed by atoms with Gasteiger partial charge in [0.1, 0.15) is 0 Å². The first-order valence-electron chi connectivity index (χ1n) is 3.59. The highest BCUT2D eigenvalue weighted by Gasteiger charge is 2.14. The largest absolute Gasteiger partial charge is 0.357 e. The smallest absolute Gasteiger partial charge is 0.320 e. The van der Waals surface area contributed by atoms with E-state index in [1.165, 1.54) is 4.90 Å². The molecular weight excluding hydrogens is 156 g/mol. The first kappa shape index (κ1) is 8.40. The average molecular weight is 166 g/mol. The molecule has 0 aliphatic carbocycles. The zero-order valence-corrected chi connectivity index (χ0v) is 6.60. The van der Waals surface area contributed by atoms with Gasteiger partial charge in [-0.3, -0.25) is 4.90 Å². The van der Waals surface area contributed by atoms with Crippen molar-refractivity contribution in [2.45, 2.75) is 6.42 Å². The maximum Gasteiger partial charge on any atom is 0.320 e. The molecule has 12 heavy (non-hydrogen) atoms. The number of hydrogen-bond acceptors (Lipinski definition) is 3. The Hall–Kier alpha value is -1.70. The van der Waals surface area contributed by atoms with Crippen LogP contribution in [0.2, 0.25) is 0 Å². The number of nitrogens with two attached hydrogens (primary N) is 1. The molecule has 2 N–H and O–H groups in total. The van der Waals surface area contributed by atoms with Gasteiger partial charge in [0.05, 0.1) is 19.2 Å². The molecule has 64 valence electrons. The lowest BCUT2D eigenvalue weighted by atomic mass is 10.4. The molecule has 0 aromatic rings. The van der Waals surface area contributed by atoms with Crippen LogP contribution in [0.1, 0.15) is 6.42 Å². The molecule has 0 bridgehead atoms. The van der Waals surface area contributed by atoms with Crippen molar-refractivity contribution < 1.29 is 4.79 Å². The van der Waals surface area contributed by atoms with Crippen molar-refractivity contribution >= 4 is 6.03 Å². The molecule has 1 aliphatic rings. The van der Waals surface area contributed by atoms with E-state index in [9.17, 15) is 4.79 Å². The van der Waals surface area contributed by atoms with Crippen molar-refractivity contribution in [3.63, 3.8) is 0 Å². The molecule has 0 fully saturated rings. The van der Waals surface area contributed by atoms with Crippen LogP contribution < -0.4 is 5.73 Å². The number of primary amides is 1. The van der Waals surface area contributed by atoms with Crippen LogP contribution in [0.4, 0.5) is 4.79 Å². The van der Waals surface area contributed by atoms with Crippen molar-refractivity contribution in [2.24, 2.45) is 5.73 Å². The van der Waals surface area contributed by atoms with Gasteiger partial charge in [-0.15, -0.1) is 0 Å². The zero-order chi connectivity index (χ0) is 8.97. The topological polar surface area (TPSA) is 73.4 Å². The van der Waals surface area contributed by atoms with E-state index in [4.69, 9.17) is 11.0 Å². The summed E-state index contributed by atoms with van der Waals surface area (Å²) in [5.74, 6) is 0. The molecular formula is C7H10N4O. The van der Waals surface area contributed by atoms with Gasteiger partial charge in [-0.1, -0.05) is 0 Å². The van der Waals surface area contributed by atoms with E-state index in [1.54, 1.807) is 12.4 Å². The predicted molar refractivity (Wildman–Crippen MR) is 42.4 cm³/mol. The summed E-state index contributed by atoms with van der Waals surface area (Å²) in [5, 5.41) is 8.30. The van der Waals surface area contributed by atoms with Crippen molar-refractivity contribution in [3.05, 3.63) is 12.4 Å². The summed E-state index contributed by atoms with van der Waals surface area (Å²) < 4.78 is 0. The van der Waals surface area contributed by atoms with Gasteiger partial charge in [0, 0.05) is 18.9 Å². The molecule has 5 heteroatoms. The minimum Gasteiger partial charge on any atom is -0.357 e. The van der Waals surface area contributed by atoms with Gasteiger partial charge in [0.2, 0.25) is 0 Å². The second kappa shape index (κ2) is 3.62. The third-order valence-corrected chi connectivity index (χ3v) is 1.59. The fourth-order valence-corrected chi connectivity index (χ4v) is 0.947. The lowest BCUT2D eigenvalue weighted by Crippen LogP contribution is -2.34. The van der Waals surface area contributed by atoms with Crippen LogP contribution in [-0.2, 0) is 0 Å². The molecule has 0 unspecified atom stereocenters. The van der Waals surface area contributed by atoms with Crippen LogP contribution >= 0.6 is 0 Å². The molecule has 1 rings (SSSR count). The van der Waals surface area contributed by atoms with Gasteiger partial charge in [0.15, 0.2) is 0 Å². The highest BCUT2D eigenvalue weighted by Crippen LogP contribution is 2.05.